The van der Waals surface area contributed by atoms with Gasteiger partial charge in [-0.3, -0.25) is 9.59 Å². The third-order valence-electron chi connectivity index (χ3n) is 5.94. The van der Waals surface area contributed by atoms with Crippen molar-refractivity contribution in [3.63, 3.8) is 0 Å². The van der Waals surface area contributed by atoms with Gasteiger partial charge in [0.1, 0.15) is 18.8 Å². The number of nitrogens with zero attached hydrogens (tertiary/aromatic N) is 1. The first-order chi connectivity index (χ1) is 16.2. The zero-order valence-electron chi connectivity index (χ0n) is 19.4. The molecule has 2 heterocycles. The van der Waals surface area contributed by atoms with E-state index in [0.717, 1.165) is 11.3 Å². The average Bonchev–Trinajstić information content (AvgIpc) is 3.24. The molecule has 9 nitrogen and oxygen atoms in total. The molecule has 0 spiro atoms. The van der Waals surface area contributed by atoms with Crippen LogP contribution in [0.5, 0.6) is 11.5 Å². The zero-order valence-corrected chi connectivity index (χ0v) is 20.2. The van der Waals surface area contributed by atoms with Crippen molar-refractivity contribution in [1.29, 1.82) is 0 Å². The minimum absolute atomic E-state index is 0.0655. The molecule has 2 atom stereocenters. The van der Waals surface area contributed by atoms with Gasteiger partial charge in [0.25, 0.3) is 0 Å². The van der Waals surface area contributed by atoms with Crippen molar-refractivity contribution in [2.24, 2.45) is 5.92 Å². The zero-order chi connectivity index (χ0) is 24.5. The second-order valence-corrected chi connectivity index (χ2v) is 10.5. The van der Waals surface area contributed by atoms with Gasteiger partial charge in [-0.25, -0.2) is 8.42 Å². The van der Waals surface area contributed by atoms with E-state index in [1.54, 1.807) is 36.9 Å². The first-order valence-electron chi connectivity index (χ1n) is 11.3. The predicted molar refractivity (Wildman–Crippen MR) is 126 cm³/mol. The summed E-state index contributed by atoms with van der Waals surface area (Å²) in [6, 6.07) is 11.0. The van der Waals surface area contributed by atoms with Crippen molar-refractivity contribution in [2.75, 3.05) is 24.6 Å². The Morgan fingerprint density at radius 1 is 1.15 bits per heavy atom. The molecule has 2 amide bonds. The van der Waals surface area contributed by atoms with Gasteiger partial charge in [0, 0.05) is 19.2 Å². The molecule has 0 saturated heterocycles. The van der Waals surface area contributed by atoms with Gasteiger partial charge >= 0.3 is 0 Å². The minimum Gasteiger partial charge on any atom is -0.486 e. The first kappa shape index (κ1) is 24.0. The number of carbonyl (C=O) groups excluding carboxylic acids is 2. The number of carbonyl (C=O) groups is 2. The van der Waals surface area contributed by atoms with E-state index in [2.05, 4.69) is 10.0 Å². The third kappa shape index (κ3) is 5.02. The summed E-state index contributed by atoms with van der Waals surface area (Å²) in [5, 5.41) is 2.78. The molecule has 2 aliphatic heterocycles. The Morgan fingerprint density at radius 2 is 1.88 bits per heavy atom. The summed E-state index contributed by atoms with van der Waals surface area (Å²) in [5.74, 6) is 0.444. The Labute approximate surface area is 199 Å². The number of rotatable bonds is 7. The highest BCUT2D eigenvalue weighted by Crippen LogP contribution is 2.31. The number of sulfonamides is 1. The average molecular weight is 488 g/mol. The molecule has 0 radical (unpaired) electrons. The highest BCUT2D eigenvalue weighted by Gasteiger charge is 2.31. The molecule has 2 aromatic rings. The molecular formula is C24H29N3O6S. The summed E-state index contributed by atoms with van der Waals surface area (Å²) < 4.78 is 40.2. The van der Waals surface area contributed by atoms with Gasteiger partial charge in [0.05, 0.1) is 11.4 Å². The molecular weight excluding hydrogens is 458 g/mol. The molecule has 182 valence electrons. The number of benzene rings is 2. The molecule has 4 rings (SSSR count). The van der Waals surface area contributed by atoms with E-state index in [1.165, 1.54) is 13.0 Å². The van der Waals surface area contributed by atoms with E-state index < -0.39 is 22.0 Å². The van der Waals surface area contributed by atoms with Crippen molar-refractivity contribution in [3.05, 3.63) is 48.0 Å². The fourth-order valence-electron chi connectivity index (χ4n) is 4.09. The quantitative estimate of drug-likeness (QED) is 0.616. The third-order valence-corrected chi connectivity index (χ3v) is 7.38. The number of anilines is 1. The summed E-state index contributed by atoms with van der Waals surface area (Å²) in [6.45, 7) is 6.01. The van der Waals surface area contributed by atoms with E-state index in [1.807, 2.05) is 18.2 Å². The molecule has 10 heteroatoms. The van der Waals surface area contributed by atoms with Crippen LogP contribution in [0.15, 0.2) is 47.4 Å². The van der Waals surface area contributed by atoms with Gasteiger partial charge < -0.3 is 19.7 Å². The van der Waals surface area contributed by atoms with E-state index in [-0.39, 0.29) is 36.0 Å². The highest BCUT2D eigenvalue weighted by molar-refractivity contribution is 7.89. The fourth-order valence-corrected chi connectivity index (χ4v) is 5.48. The van der Waals surface area contributed by atoms with E-state index >= 15 is 0 Å². The topological polar surface area (TPSA) is 114 Å². The van der Waals surface area contributed by atoms with Gasteiger partial charge in [-0.05, 0) is 48.2 Å². The van der Waals surface area contributed by atoms with Crippen LogP contribution in [0, 0.1) is 5.92 Å². The van der Waals surface area contributed by atoms with Crippen LogP contribution in [0.3, 0.4) is 0 Å². The van der Waals surface area contributed by atoms with Crippen LogP contribution < -0.4 is 24.4 Å². The Kier molecular flexibility index (Phi) is 6.81. The molecule has 2 aliphatic rings. The normalized spacial score (nSPS) is 17.9. The van der Waals surface area contributed by atoms with Crippen LogP contribution in [0.4, 0.5) is 5.69 Å². The van der Waals surface area contributed by atoms with Crippen LogP contribution in [0.1, 0.15) is 26.3 Å². The number of hydrogen-bond donors (Lipinski definition) is 2. The van der Waals surface area contributed by atoms with Crippen molar-refractivity contribution in [1.82, 2.24) is 10.0 Å². The molecule has 34 heavy (non-hydrogen) atoms. The Hall–Kier alpha value is -3.11. The lowest BCUT2D eigenvalue weighted by Crippen LogP contribution is -2.52. The van der Waals surface area contributed by atoms with Gasteiger partial charge in [-0.1, -0.05) is 26.0 Å². The molecule has 0 unspecified atom stereocenters. The number of ether oxygens (including phenoxy) is 2. The fraction of sp³-hybridized carbons (Fsp3) is 0.417. The van der Waals surface area contributed by atoms with Crippen molar-refractivity contribution >= 4 is 27.5 Å². The van der Waals surface area contributed by atoms with Gasteiger partial charge in [0.15, 0.2) is 11.5 Å². The van der Waals surface area contributed by atoms with Gasteiger partial charge in [-0.2, -0.15) is 4.72 Å². The van der Waals surface area contributed by atoms with Crippen LogP contribution in [0.2, 0.25) is 0 Å². The molecule has 2 aromatic carbocycles. The molecule has 2 N–H and O–H groups in total. The largest absolute Gasteiger partial charge is 0.486 e. The van der Waals surface area contributed by atoms with E-state index in [4.69, 9.17) is 9.47 Å². The second-order valence-electron chi connectivity index (χ2n) is 8.80. The summed E-state index contributed by atoms with van der Waals surface area (Å²) in [6.07, 6.45) is 0.197. The first-order valence-corrected chi connectivity index (χ1v) is 12.7. The Bertz CT molecular complexity index is 1200. The SMILES string of the molecule is CC(=O)N1CCc2cc(S(=O)(=O)N[C@@H](C(=O)NC[C@H]3COc4ccccc4O3)C(C)C)ccc21. The second kappa shape index (κ2) is 9.63. The van der Waals surface area contributed by atoms with Gasteiger partial charge in [0.2, 0.25) is 21.8 Å². The molecule has 0 aliphatic carbocycles. The van der Waals surface area contributed by atoms with Crippen LogP contribution >= 0.6 is 0 Å². The Morgan fingerprint density at radius 3 is 2.59 bits per heavy atom. The number of amides is 2. The lowest BCUT2D eigenvalue weighted by atomic mass is 10.1. The monoisotopic (exact) mass is 487 g/mol. The molecule has 0 bridgehead atoms. The predicted octanol–water partition coefficient (Wildman–Crippen LogP) is 1.85. The molecule has 0 fully saturated rings. The van der Waals surface area contributed by atoms with Crippen molar-refractivity contribution in [2.45, 2.75) is 44.2 Å². The van der Waals surface area contributed by atoms with Crippen LogP contribution in [0.25, 0.3) is 0 Å². The molecule has 0 aromatic heterocycles. The van der Waals surface area contributed by atoms with E-state index in [0.29, 0.717) is 24.5 Å². The highest BCUT2D eigenvalue weighted by atomic mass is 32.2. The van der Waals surface area contributed by atoms with Crippen LogP contribution in [-0.4, -0.2) is 52.1 Å². The van der Waals surface area contributed by atoms with Crippen LogP contribution in [-0.2, 0) is 26.0 Å². The summed E-state index contributed by atoms with van der Waals surface area (Å²) in [7, 11) is -3.96. The van der Waals surface area contributed by atoms with Gasteiger partial charge in [-0.15, -0.1) is 0 Å². The summed E-state index contributed by atoms with van der Waals surface area (Å²) >= 11 is 0. The number of fused-ring (bicyclic) bond motifs is 2. The summed E-state index contributed by atoms with van der Waals surface area (Å²) in [4.78, 5) is 26.4. The maximum Gasteiger partial charge on any atom is 0.241 e. The standard InChI is InChI=1S/C24H29N3O6S/c1-15(2)23(24(29)25-13-18-14-32-21-6-4-5-7-22(21)33-18)26-34(30,31)19-8-9-20-17(12-19)10-11-27(20)16(3)28/h4-9,12,15,18,23,26H,10-11,13-14H2,1-3H3,(H,25,29)/t18-,23+/m0/s1. The summed E-state index contributed by atoms with van der Waals surface area (Å²) in [5.41, 5.74) is 1.51. The number of hydrogen-bond acceptors (Lipinski definition) is 6. The van der Waals surface area contributed by atoms with Crippen molar-refractivity contribution < 1.29 is 27.5 Å². The minimum atomic E-state index is -3.96. The number of para-hydroxylation sites is 2. The lowest BCUT2D eigenvalue weighted by Gasteiger charge is -2.28. The van der Waals surface area contributed by atoms with Crippen molar-refractivity contribution in [3.8, 4) is 11.5 Å². The smallest absolute Gasteiger partial charge is 0.241 e. The Balaban J connectivity index is 1.41. The van der Waals surface area contributed by atoms with E-state index in [9.17, 15) is 18.0 Å². The maximum atomic E-state index is 13.1. The lowest BCUT2D eigenvalue weighted by molar-refractivity contribution is -0.124. The molecule has 0 saturated carbocycles. The maximum absolute atomic E-state index is 13.1. The number of nitrogens with one attached hydrogen (secondary N) is 2.